The van der Waals surface area contributed by atoms with E-state index in [1.165, 1.54) is 0 Å². The Morgan fingerprint density at radius 1 is 1.27 bits per heavy atom. The molecule has 0 saturated carbocycles. The highest BCUT2D eigenvalue weighted by molar-refractivity contribution is 9.11. The van der Waals surface area contributed by atoms with Gasteiger partial charge in [-0.2, -0.15) is 0 Å². The van der Waals surface area contributed by atoms with Crippen LogP contribution in [0.2, 0.25) is 0 Å². The topological polar surface area (TPSA) is 20.2 Å². The lowest BCUT2D eigenvalue weighted by atomic mass is 9.89. The maximum Gasteiger partial charge on any atom is 0.0868 e. The number of aliphatic hydroxyl groups is 1. The van der Waals surface area contributed by atoms with Crippen LogP contribution in [-0.2, 0) is 5.60 Å². The van der Waals surface area contributed by atoms with E-state index in [0.717, 1.165) is 40.4 Å². The molecule has 1 aromatic carbocycles. The Hall–Kier alpha value is -1.38. The minimum absolute atomic E-state index is 0.730. The van der Waals surface area contributed by atoms with Gasteiger partial charge in [-0.05, 0) is 55.9 Å². The molecule has 0 spiro atoms. The number of allylic oxidation sites excluding steroid dienone is 6. The molecule has 0 amide bonds. The number of hydrogen-bond donors (Lipinski definition) is 1. The Morgan fingerprint density at radius 3 is 2.45 bits per heavy atom. The van der Waals surface area contributed by atoms with Crippen molar-refractivity contribution in [2.75, 3.05) is 0 Å². The Kier molecular flexibility index (Phi) is 7.57. The van der Waals surface area contributed by atoms with E-state index in [2.05, 4.69) is 29.1 Å². The number of halogens is 1. The molecule has 0 radical (unpaired) electrons. The van der Waals surface area contributed by atoms with Crippen molar-refractivity contribution in [2.24, 2.45) is 0 Å². The third-order valence-electron chi connectivity index (χ3n) is 3.67. The van der Waals surface area contributed by atoms with Gasteiger partial charge < -0.3 is 5.11 Å². The first kappa shape index (κ1) is 18.7. The van der Waals surface area contributed by atoms with Gasteiger partial charge in [0, 0.05) is 4.48 Å². The fourth-order valence-electron chi connectivity index (χ4n) is 2.15. The van der Waals surface area contributed by atoms with Crippen LogP contribution >= 0.6 is 15.9 Å². The second-order valence-electron chi connectivity index (χ2n) is 5.56. The largest absolute Gasteiger partial charge is 0.385 e. The summed E-state index contributed by atoms with van der Waals surface area (Å²) in [5, 5.41) is 10.6. The summed E-state index contributed by atoms with van der Waals surface area (Å²) in [4.78, 5) is 0. The monoisotopic (exact) mass is 360 g/mol. The van der Waals surface area contributed by atoms with Crippen molar-refractivity contribution in [1.82, 2.24) is 0 Å². The van der Waals surface area contributed by atoms with Crippen LogP contribution in [0.3, 0.4) is 0 Å². The first-order chi connectivity index (χ1) is 10.4. The second kappa shape index (κ2) is 8.92. The highest BCUT2D eigenvalue weighted by atomic mass is 79.9. The average molecular weight is 361 g/mol. The van der Waals surface area contributed by atoms with Crippen molar-refractivity contribution in [3.63, 3.8) is 0 Å². The van der Waals surface area contributed by atoms with E-state index >= 15 is 0 Å². The summed E-state index contributed by atoms with van der Waals surface area (Å²) in [5.74, 6) is 0. The Balaban J connectivity index is 2.79. The van der Waals surface area contributed by atoms with Crippen molar-refractivity contribution < 1.29 is 5.11 Å². The molecular formula is C20H25BrO. The molecule has 22 heavy (non-hydrogen) atoms. The van der Waals surface area contributed by atoms with E-state index in [9.17, 15) is 5.11 Å². The van der Waals surface area contributed by atoms with Crippen LogP contribution in [0.15, 0.2) is 66.2 Å². The van der Waals surface area contributed by atoms with Gasteiger partial charge in [-0.3, -0.25) is 0 Å². The zero-order chi connectivity index (χ0) is 16.6. The molecule has 118 valence electrons. The Labute approximate surface area is 142 Å². The summed E-state index contributed by atoms with van der Waals surface area (Å²) in [6, 6.07) is 7.97. The third kappa shape index (κ3) is 5.78. The molecule has 1 nitrogen and oxygen atoms in total. The van der Waals surface area contributed by atoms with Crippen LogP contribution in [0.1, 0.15) is 44.2 Å². The van der Waals surface area contributed by atoms with Crippen LogP contribution in [0.5, 0.6) is 0 Å². The van der Waals surface area contributed by atoms with Crippen molar-refractivity contribution in [1.29, 1.82) is 0 Å². The zero-order valence-corrected chi connectivity index (χ0v) is 15.1. The van der Waals surface area contributed by atoms with Gasteiger partial charge in [-0.1, -0.05) is 65.0 Å². The normalized spacial score (nSPS) is 14.8. The van der Waals surface area contributed by atoms with Crippen molar-refractivity contribution in [2.45, 2.75) is 38.7 Å². The molecule has 1 aromatic rings. The summed E-state index contributed by atoms with van der Waals surface area (Å²) >= 11 is 3.44. The Morgan fingerprint density at radius 2 is 1.91 bits per heavy atom. The standard InChI is InChI=1S/C20H25BrO/c1-5-7-8-15-20(4,22)18-12-10-17(11-13-18)16(3)9-14-19(21)6-2/h5-6,9-14,22H,1,3,7-8,15H2,2,4H3/b14-9-,19-6+. The van der Waals surface area contributed by atoms with E-state index in [-0.39, 0.29) is 0 Å². The fraction of sp³-hybridized carbons (Fsp3) is 0.300. The molecule has 0 aliphatic rings. The molecule has 0 aliphatic carbocycles. The van der Waals surface area contributed by atoms with Crippen molar-refractivity contribution >= 4 is 21.5 Å². The summed E-state index contributed by atoms with van der Waals surface area (Å²) in [5.41, 5.74) is 2.13. The zero-order valence-electron chi connectivity index (χ0n) is 13.5. The highest BCUT2D eigenvalue weighted by Crippen LogP contribution is 2.28. The molecule has 2 heteroatoms. The molecule has 0 bridgehead atoms. The predicted octanol–water partition coefficient (Wildman–Crippen LogP) is 6.12. The van der Waals surface area contributed by atoms with Gasteiger partial charge in [0.1, 0.15) is 0 Å². The lowest BCUT2D eigenvalue weighted by molar-refractivity contribution is 0.0458. The van der Waals surface area contributed by atoms with Crippen LogP contribution in [0, 0.1) is 0 Å². The Bertz CT molecular complexity index is 562. The fourth-order valence-corrected chi connectivity index (χ4v) is 2.28. The quantitative estimate of drug-likeness (QED) is 0.336. The smallest absolute Gasteiger partial charge is 0.0868 e. The van der Waals surface area contributed by atoms with Gasteiger partial charge >= 0.3 is 0 Å². The van der Waals surface area contributed by atoms with Crippen LogP contribution in [0.25, 0.3) is 5.57 Å². The van der Waals surface area contributed by atoms with Gasteiger partial charge in [-0.25, -0.2) is 0 Å². The molecule has 1 unspecified atom stereocenters. The first-order valence-electron chi connectivity index (χ1n) is 7.53. The first-order valence-corrected chi connectivity index (χ1v) is 8.33. The lowest BCUT2D eigenvalue weighted by Crippen LogP contribution is -2.20. The second-order valence-corrected chi connectivity index (χ2v) is 6.48. The number of rotatable bonds is 8. The van der Waals surface area contributed by atoms with E-state index < -0.39 is 5.60 Å². The third-order valence-corrected chi connectivity index (χ3v) is 4.39. The van der Waals surface area contributed by atoms with Gasteiger partial charge in [0.15, 0.2) is 0 Å². The molecule has 1 atom stereocenters. The summed E-state index contributed by atoms with van der Waals surface area (Å²) < 4.78 is 1.02. The highest BCUT2D eigenvalue weighted by Gasteiger charge is 2.21. The van der Waals surface area contributed by atoms with E-state index in [4.69, 9.17) is 0 Å². The van der Waals surface area contributed by atoms with E-state index in [1.54, 1.807) is 0 Å². The van der Waals surface area contributed by atoms with Gasteiger partial charge in [-0.15, -0.1) is 6.58 Å². The molecule has 1 rings (SSSR count). The summed E-state index contributed by atoms with van der Waals surface area (Å²) in [7, 11) is 0. The molecular weight excluding hydrogens is 336 g/mol. The van der Waals surface area contributed by atoms with Gasteiger partial charge in [0.05, 0.1) is 5.60 Å². The average Bonchev–Trinajstić information content (AvgIpc) is 2.52. The molecule has 0 saturated heterocycles. The van der Waals surface area contributed by atoms with Crippen molar-refractivity contribution in [3.05, 3.63) is 77.3 Å². The molecule has 0 fully saturated rings. The van der Waals surface area contributed by atoms with Crippen LogP contribution in [-0.4, -0.2) is 5.11 Å². The minimum atomic E-state index is -0.799. The molecule has 0 aromatic heterocycles. The number of unbranched alkanes of at least 4 members (excludes halogenated alkanes) is 1. The van der Waals surface area contributed by atoms with Crippen LogP contribution < -0.4 is 0 Å². The molecule has 0 heterocycles. The van der Waals surface area contributed by atoms with Crippen molar-refractivity contribution in [3.8, 4) is 0 Å². The number of hydrogen-bond acceptors (Lipinski definition) is 1. The van der Waals surface area contributed by atoms with E-state index in [1.807, 2.05) is 62.4 Å². The molecule has 1 N–H and O–H groups in total. The summed E-state index contributed by atoms with van der Waals surface area (Å²) in [6.07, 6.45) is 10.4. The summed E-state index contributed by atoms with van der Waals surface area (Å²) in [6.45, 7) is 11.6. The lowest BCUT2D eigenvalue weighted by Gasteiger charge is -2.24. The number of benzene rings is 1. The maximum atomic E-state index is 10.6. The van der Waals surface area contributed by atoms with E-state index in [0.29, 0.717) is 0 Å². The van der Waals surface area contributed by atoms with Gasteiger partial charge in [0.25, 0.3) is 0 Å². The van der Waals surface area contributed by atoms with Gasteiger partial charge in [0.2, 0.25) is 0 Å². The SMILES string of the molecule is C=CCCCC(C)(O)c1ccc(C(=C)/C=C\C(Br)=C/C)cc1. The minimum Gasteiger partial charge on any atom is -0.385 e. The van der Waals surface area contributed by atoms with Crippen LogP contribution in [0.4, 0.5) is 0 Å². The molecule has 0 aliphatic heterocycles. The maximum absolute atomic E-state index is 10.6. The predicted molar refractivity (Wildman–Crippen MR) is 101 cm³/mol.